The molecular weight excluding hydrogens is 425 g/mol. The van der Waals surface area contributed by atoms with Crippen molar-refractivity contribution < 1.29 is 18.7 Å². The van der Waals surface area contributed by atoms with Gasteiger partial charge in [-0.3, -0.25) is 14.5 Å². The summed E-state index contributed by atoms with van der Waals surface area (Å²) in [5.74, 6) is -0.376. The average molecular weight is 454 g/mol. The topological polar surface area (TPSA) is 98.1 Å². The van der Waals surface area contributed by atoms with E-state index in [4.69, 9.17) is 4.74 Å². The lowest BCUT2D eigenvalue weighted by Crippen LogP contribution is -2.47. The molecule has 2 amide bonds. The van der Waals surface area contributed by atoms with Crippen LogP contribution in [0, 0.1) is 12.7 Å². The molecule has 1 aromatic carbocycles. The molecule has 0 saturated carbocycles. The molecule has 9 heteroatoms. The van der Waals surface area contributed by atoms with E-state index in [0.717, 1.165) is 11.3 Å². The second-order valence-electron chi connectivity index (χ2n) is 8.74. The molecule has 0 aliphatic carbocycles. The zero-order valence-electron chi connectivity index (χ0n) is 19.3. The number of alkyl carbamates (subject to hydrolysis) is 1. The van der Waals surface area contributed by atoms with Crippen LogP contribution in [-0.4, -0.2) is 38.4 Å². The third-order valence-corrected chi connectivity index (χ3v) is 4.68. The highest BCUT2D eigenvalue weighted by atomic mass is 19.1. The number of hydrogen-bond acceptors (Lipinski definition) is 5. The number of benzene rings is 1. The summed E-state index contributed by atoms with van der Waals surface area (Å²) >= 11 is 0. The van der Waals surface area contributed by atoms with E-state index in [1.165, 1.54) is 12.1 Å². The quantitative estimate of drug-likeness (QED) is 0.588. The maximum Gasteiger partial charge on any atom is 0.408 e. The largest absolute Gasteiger partial charge is 0.444 e. The number of rotatable bonds is 6. The Morgan fingerprint density at radius 3 is 2.48 bits per heavy atom. The molecule has 0 aliphatic rings. The molecule has 1 unspecified atom stereocenters. The number of nitrogens with one attached hydrogen (secondary N) is 2. The van der Waals surface area contributed by atoms with Crippen molar-refractivity contribution in [1.82, 2.24) is 20.1 Å². The van der Waals surface area contributed by atoms with Gasteiger partial charge in [0, 0.05) is 37.0 Å². The zero-order valence-corrected chi connectivity index (χ0v) is 19.3. The minimum atomic E-state index is -0.952. The maximum atomic E-state index is 13.3. The van der Waals surface area contributed by atoms with Gasteiger partial charge in [0.15, 0.2) is 0 Å². The van der Waals surface area contributed by atoms with Gasteiger partial charge in [-0.05, 0) is 57.5 Å². The Bertz CT molecular complexity index is 1140. The molecule has 1 atom stereocenters. The number of nitrogens with zero attached hydrogens (tertiary/aromatic N) is 3. The number of carbonyl (C=O) groups is 2. The summed E-state index contributed by atoms with van der Waals surface area (Å²) in [6.45, 7) is 7.09. The molecule has 174 valence electrons. The van der Waals surface area contributed by atoms with Crippen LogP contribution >= 0.6 is 0 Å². The van der Waals surface area contributed by atoms with Crippen LogP contribution in [0.2, 0.25) is 0 Å². The van der Waals surface area contributed by atoms with Gasteiger partial charge >= 0.3 is 6.09 Å². The predicted octanol–water partition coefficient (Wildman–Crippen LogP) is 4.00. The van der Waals surface area contributed by atoms with Gasteiger partial charge in [-0.25, -0.2) is 9.18 Å². The number of aryl methyl sites for hydroxylation is 2. The fraction of sp³-hybridized carbons (Fsp3) is 0.333. The lowest BCUT2D eigenvalue weighted by molar-refractivity contribution is -0.118. The van der Waals surface area contributed by atoms with Crippen molar-refractivity contribution in [2.45, 2.75) is 45.8 Å². The summed E-state index contributed by atoms with van der Waals surface area (Å²) < 4.78 is 20.2. The lowest BCUT2D eigenvalue weighted by Gasteiger charge is -2.23. The second kappa shape index (κ2) is 9.81. The van der Waals surface area contributed by atoms with E-state index in [2.05, 4.69) is 20.7 Å². The van der Waals surface area contributed by atoms with Crippen LogP contribution in [0.25, 0.3) is 11.3 Å². The Morgan fingerprint density at radius 2 is 1.85 bits per heavy atom. The lowest BCUT2D eigenvalue weighted by atomic mass is 10.1. The number of anilines is 1. The number of hydrogen-bond donors (Lipinski definition) is 2. The van der Waals surface area contributed by atoms with E-state index in [1.54, 1.807) is 56.9 Å². The summed E-state index contributed by atoms with van der Waals surface area (Å²) in [6, 6.07) is 10.3. The van der Waals surface area contributed by atoms with Crippen molar-refractivity contribution in [2.24, 2.45) is 7.05 Å². The molecule has 0 saturated heterocycles. The summed E-state index contributed by atoms with van der Waals surface area (Å²) in [5, 5.41) is 9.89. The number of pyridine rings is 1. The molecule has 0 radical (unpaired) electrons. The van der Waals surface area contributed by atoms with Crippen LogP contribution in [0.4, 0.5) is 15.0 Å². The van der Waals surface area contributed by atoms with E-state index in [0.29, 0.717) is 17.1 Å². The Hall–Kier alpha value is -3.75. The highest BCUT2D eigenvalue weighted by Gasteiger charge is 2.26. The monoisotopic (exact) mass is 453 g/mol. The van der Waals surface area contributed by atoms with Crippen LogP contribution in [0.3, 0.4) is 0 Å². The Balaban J connectivity index is 1.80. The number of halogens is 1. The fourth-order valence-corrected chi connectivity index (χ4v) is 3.16. The Labute approximate surface area is 192 Å². The minimum absolute atomic E-state index is 0.152. The molecule has 2 N–H and O–H groups in total. The SMILES string of the molecule is Cc1cc(-c2cc(NC(=O)C(Cc3ccc(F)cc3)NC(=O)OC(C)(C)C)n(C)n2)ccn1. The molecule has 0 spiro atoms. The molecule has 0 bridgehead atoms. The third-order valence-electron chi connectivity index (χ3n) is 4.68. The molecule has 0 aliphatic heterocycles. The molecule has 0 fully saturated rings. The van der Waals surface area contributed by atoms with E-state index < -0.39 is 23.6 Å². The summed E-state index contributed by atoms with van der Waals surface area (Å²) in [5.41, 5.74) is 2.36. The second-order valence-corrected chi connectivity index (χ2v) is 8.74. The first-order valence-electron chi connectivity index (χ1n) is 10.5. The number of ether oxygens (including phenoxy) is 1. The maximum absolute atomic E-state index is 13.3. The van der Waals surface area contributed by atoms with E-state index >= 15 is 0 Å². The van der Waals surface area contributed by atoms with E-state index in [-0.39, 0.29) is 12.2 Å². The van der Waals surface area contributed by atoms with Gasteiger partial charge in [0.25, 0.3) is 0 Å². The van der Waals surface area contributed by atoms with Gasteiger partial charge in [-0.2, -0.15) is 5.10 Å². The molecule has 2 heterocycles. The summed E-state index contributed by atoms with van der Waals surface area (Å²) in [7, 11) is 1.71. The number of amides is 2. The molecule has 2 aromatic heterocycles. The molecule has 3 aromatic rings. The highest BCUT2D eigenvalue weighted by Crippen LogP contribution is 2.22. The first kappa shape index (κ1) is 23.9. The smallest absolute Gasteiger partial charge is 0.408 e. The normalized spacial score (nSPS) is 12.2. The van der Waals surface area contributed by atoms with Crippen LogP contribution in [0.1, 0.15) is 32.0 Å². The van der Waals surface area contributed by atoms with E-state index in [1.807, 2.05) is 19.1 Å². The zero-order chi connectivity index (χ0) is 24.2. The molecule has 3 rings (SSSR count). The first-order valence-corrected chi connectivity index (χ1v) is 10.5. The predicted molar refractivity (Wildman–Crippen MR) is 123 cm³/mol. The van der Waals surface area contributed by atoms with Gasteiger partial charge in [0.05, 0.1) is 5.69 Å². The van der Waals surface area contributed by atoms with Gasteiger partial charge in [-0.1, -0.05) is 12.1 Å². The fourth-order valence-electron chi connectivity index (χ4n) is 3.16. The van der Waals surface area contributed by atoms with Crippen LogP contribution in [0.15, 0.2) is 48.7 Å². The van der Waals surface area contributed by atoms with Crippen LogP contribution in [-0.2, 0) is 23.0 Å². The number of carbonyl (C=O) groups excluding carboxylic acids is 2. The minimum Gasteiger partial charge on any atom is -0.444 e. The van der Waals surface area contributed by atoms with Crippen LogP contribution in [0.5, 0.6) is 0 Å². The highest BCUT2D eigenvalue weighted by molar-refractivity contribution is 5.96. The number of aromatic nitrogens is 3. The van der Waals surface area contributed by atoms with Gasteiger partial charge in [0.1, 0.15) is 23.3 Å². The molecule has 33 heavy (non-hydrogen) atoms. The standard InChI is InChI=1S/C24H28FN5O3/c1-15-12-17(10-11-26-15)19-14-21(30(5)29-19)28-22(31)20(27-23(32)33-24(2,3)4)13-16-6-8-18(25)9-7-16/h6-12,14,20H,13H2,1-5H3,(H,27,32)(H,28,31). The van der Waals surface area contributed by atoms with Crippen molar-refractivity contribution >= 4 is 17.8 Å². The van der Waals surface area contributed by atoms with Crippen LogP contribution < -0.4 is 10.6 Å². The first-order chi connectivity index (χ1) is 15.5. The third kappa shape index (κ3) is 6.86. The van der Waals surface area contributed by atoms with Crippen molar-refractivity contribution in [1.29, 1.82) is 0 Å². The Kier molecular flexibility index (Phi) is 7.10. The summed E-state index contributed by atoms with van der Waals surface area (Å²) in [6.07, 6.45) is 1.13. The van der Waals surface area contributed by atoms with Gasteiger partial charge in [0.2, 0.25) is 5.91 Å². The molecule has 8 nitrogen and oxygen atoms in total. The van der Waals surface area contributed by atoms with Crippen molar-refractivity contribution in [3.8, 4) is 11.3 Å². The van der Waals surface area contributed by atoms with Gasteiger partial charge < -0.3 is 15.4 Å². The van der Waals surface area contributed by atoms with Gasteiger partial charge in [-0.15, -0.1) is 0 Å². The molecular formula is C24H28FN5O3. The van der Waals surface area contributed by atoms with Crippen molar-refractivity contribution in [3.05, 3.63) is 65.7 Å². The van der Waals surface area contributed by atoms with E-state index in [9.17, 15) is 14.0 Å². The van der Waals surface area contributed by atoms with Crippen molar-refractivity contribution in [2.75, 3.05) is 5.32 Å². The van der Waals surface area contributed by atoms with Crippen molar-refractivity contribution in [3.63, 3.8) is 0 Å². The average Bonchev–Trinajstić information content (AvgIpc) is 3.08. The Morgan fingerprint density at radius 1 is 1.15 bits per heavy atom. The summed E-state index contributed by atoms with van der Waals surface area (Å²) in [4.78, 5) is 29.7.